The summed E-state index contributed by atoms with van der Waals surface area (Å²) in [5.41, 5.74) is 9.98. The number of hydrogen-bond donors (Lipinski definition) is 1. The molecule has 4 heteroatoms. The number of aryl methyl sites for hydroxylation is 1. The van der Waals surface area contributed by atoms with Crippen molar-refractivity contribution in [3.8, 4) is 10.6 Å². The number of fused-ring (bicyclic) bond motifs is 1. The quantitative estimate of drug-likeness (QED) is 0.665. The number of nitrogens with zero attached hydrogens (tertiary/aromatic N) is 1. The maximum Gasteiger partial charge on any atom is 0.124 e. The molecule has 0 aliphatic heterocycles. The van der Waals surface area contributed by atoms with Gasteiger partial charge in [0.2, 0.25) is 0 Å². The lowest BCUT2D eigenvalue weighted by Gasteiger charge is -2.02. The first-order valence-electron chi connectivity index (χ1n) is 5.56. The lowest BCUT2D eigenvalue weighted by Crippen LogP contribution is -1.82. The number of anilines is 1. The number of thiazole rings is 1. The molecule has 90 valence electrons. The molecule has 3 aromatic rings. The van der Waals surface area contributed by atoms with Gasteiger partial charge in [0.15, 0.2) is 0 Å². The van der Waals surface area contributed by atoms with Crippen molar-refractivity contribution in [1.29, 1.82) is 0 Å². The van der Waals surface area contributed by atoms with Gasteiger partial charge in [-0.25, -0.2) is 4.98 Å². The van der Waals surface area contributed by atoms with Gasteiger partial charge in [-0.15, -0.1) is 11.3 Å². The summed E-state index contributed by atoms with van der Waals surface area (Å²) < 4.78 is 2.20. The van der Waals surface area contributed by atoms with Crippen LogP contribution in [0.15, 0.2) is 40.9 Å². The molecule has 0 saturated carbocycles. The zero-order valence-electron chi connectivity index (χ0n) is 9.77. The van der Waals surface area contributed by atoms with Crippen LogP contribution in [-0.2, 0) is 0 Å². The van der Waals surface area contributed by atoms with E-state index in [4.69, 9.17) is 5.73 Å². The van der Waals surface area contributed by atoms with Crippen LogP contribution in [0.25, 0.3) is 20.8 Å². The maximum absolute atomic E-state index is 5.80. The maximum atomic E-state index is 5.80. The minimum atomic E-state index is 0.781. The SMILES string of the molecule is Cc1ccc(Br)cc1-c1nc2ccc(N)cc2s1. The van der Waals surface area contributed by atoms with E-state index in [0.29, 0.717) is 0 Å². The van der Waals surface area contributed by atoms with Crippen molar-refractivity contribution in [2.24, 2.45) is 0 Å². The average molecular weight is 319 g/mol. The van der Waals surface area contributed by atoms with Crippen LogP contribution in [0.2, 0.25) is 0 Å². The summed E-state index contributed by atoms with van der Waals surface area (Å²) in [4.78, 5) is 4.67. The van der Waals surface area contributed by atoms with Gasteiger partial charge in [-0.2, -0.15) is 0 Å². The largest absolute Gasteiger partial charge is 0.399 e. The van der Waals surface area contributed by atoms with Gasteiger partial charge in [-0.3, -0.25) is 0 Å². The molecule has 0 aliphatic carbocycles. The third-order valence-corrected chi connectivity index (χ3v) is 4.39. The van der Waals surface area contributed by atoms with E-state index in [-0.39, 0.29) is 0 Å². The summed E-state index contributed by atoms with van der Waals surface area (Å²) in [5.74, 6) is 0. The van der Waals surface area contributed by atoms with Crippen molar-refractivity contribution in [3.63, 3.8) is 0 Å². The highest BCUT2D eigenvalue weighted by atomic mass is 79.9. The fraction of sp³-hybridized carbons (Fsp3) is 0.0714. The molecule has 1 heterocycles. The van der Waals surface area contributed by atoms with E-state index in [2.05, 4.69) is 40.0 Å². The molecule has 2 aromatic carbocycles. The molecular weight excluding hydrogens is 308 g/mol. The molecular formula is C14H11BrN2S. The molecule has 3 rings (SSSR count). The van der Waals surface area contributed by atoms with Gasteiger partial charge in [0.05, 0.1) is 10.2 Å². The van der Waals surface area contributed by atoms with Crippen LogP contribution in [0.1, 0.15) is 5.56 Å². The van der Waals surface area contributed by atoms with Crippen molar-refractivity contribution in [1.82, 2.24) is 4.98 Å². The molecule has 0 bridgehead atoms. The molecule has 0 unspecified atom stereocenters. The van der Waals surface area contributed by atoms with Crippen molar-refractivity contribution < 1.29 is 0 Å². The van der Waals surface area contributed by atoms with Gasteiger partial charge in [-0.05, 0) is 42.8 Å². The Hall–Kier alpha value is -1.39. The monoisotopic (exact) mass is 318 g/mol. The van der Waals surface area contributed by atoms with Crippen LogP contribution in [0.3, 0.4) is 0 Å². The van der Waals surface area contributed by atoms with E-state index >= 15 is 0 Å². The molecule has 0 aliphatic rings. The number of benzene rings is 2. The predicted octanol–water partition coefficient (Wildman–Crippen LogP) is 4.62. The molecule has 0 fully saturated rings. The number of nitrogens with two attached hydrogens (primary N) is 1. The zero-order chi connectivity index (χ0) is 12.7. The van der Waals surface area contributed by atoms with Gasteiger partial charge in [0.25, 0.3) is 0 Å². The smallest absolute Gasteiger partial charge is 0.124 e. The summed E-state index contributed by atoms with van der Waals surface area (Å²) in [6.45, 7) is 2.10. The van der Waals surface area contributed by atoms with E-state index in [1.165, 1.54) is 11.1 Å². The second-order valence-corrected chi connectivity index (χ2v) is 6.15. The standard InChI is InChI=1S/C14H11BrN2S/c1-8-2-3-9(15)6-11(8)14-17-12-5-4-10(16)7-13(12)18-14/h2-7H,16H2,1H3. The number of hydrogen-bond acceptors (Lipinski definition) is 3. The average Bonchev–Trinajstić information content (AvgIpc) is 2.74. The molecule has 1 aromatic heterocycles. The first-order valence-corrected chi connectivity index (χ1v) is 7.17. The van der Waals surface area contributed by atoms with Crippen LogP contribution >= 0.6 is 27.3 Å². The Labute approximate surface area is 118 Å². The Bertz CT molecular complexity index is 734. The van der Waals surface area contributed by atoms with E-state index in [1.807, 2.05) is 24.3 Å². The van der Waals surface area contributed by atoms with E-state index < -0.39 is 0 Å². The summed E-state index contributed by atoms with van der Waals surface area (Å²) in [6.07, 6.45) is 0. The van der Waals surface area contributed by atoms with Crippen molar-refractivity contribution in [3.05, 3.63) is 46.4 Å². The molecule has 0 amide bonds. The minimum Gasteiger partial charge on any atom is -0.399 e. The fourth-order valence-electron chi connectivity index (χ4n) is 1.88. The van der Waals surface area contributed by atoms with Crippen molar-refractivity contribution in [2.45, 2.75) is 6.92 Å². The molecule has 0 spiro atoms. The van der Waals surface area contributed by atoms with Crippen molar-refractivity contribution in [2.75, 3.05) is 5.73 Å². The van der Waals surface area contributed by atoms with Crippen LogP contribution in [0, 0.1) is 6.92 Å². The fourth-order valence-corrected chi connectivity index (χ4v) is 3.34. The Balaban J connectivity index is 2.22. The highest BCUT2D eigenvalue weighted by Crippen LogP contribution is 2.34. The first-order chi connectivity index (χ1) is 8.63. The van der Waals surface area contributed by atoms with Gasteiger partial charge >= 0.3 is 0 Å². The normalized spacial score (nSPS) is 11.0. The van der Waals surface area contributed by atoms with Crippen LogP contribution in [-0.4, -0.2) is 4.98 Å². The lowest BCUT2D eigenvalue weighted by atomic mass is 10.1. The van der Waals surface area contributed by atoms with Crippen LogP contribution in [0.5, 0.6) is 0 Å². The number of halogens is 1. The van der Waals surface area contributed by atoms with Gasteiger partial charge in [0.1, 0.15) is 5.01 Å². The van der Waals surface area contributed by atoms with Gasteiger partial charge < -0.3 is 5.73 Å². The molecule has 2 N–H and O–H groups in total. The molecule has 0 saturated heterocycles. The molecule has 0 radical (unpaired) electrons. The van der Waals surface area contributed by atoms with E-state index in [0.717, 1.165) is 25.4 Å². The van der Waals surface area contributed by atoms with Gasteiger partial charge in [-0.1, -0.05) is 22.0 Å². The summed E-state index contributed by atoms with van der Waals surface area (Å²) in [7, 11) is 0. The van der Waals surface area contributed by atoms with Gasteiger partial charge in [0, 0.05) is 15.7 Å². The lowest BCUT2D eigenvalue weighted by molar-refractivity contribution is 1.40. The minimum absolute atomic E-state index is 0.781. The number of rotatable bonds is 1. The Morgan fingerprint density at radius 3 is 2.83 bits per heavy atom. The Morgan fingerprint density at radius 1 is 1.17 bits per heavy atom. The number of aromatic nitrogens is 1. The zero-order valence-corrected chi connectivity index (χ0v) is 12.2. The highest BCUT2D eigenvalue weighted by molar-refractivity contribution is 9.10. The summed E-state index contributed by atoms with van der Waals surface area (Å²) >= 11 is 5.18. The number of nitrogen functional groups attached to an aromatic ring is 1. The van der Waals surface area contributed by atoms with Crippen molar-refractivity contribution >= 4 is 43.2 Å². The molecule has 18 heavy (non-hydrogen) atoms. The van der Waals surface area contributed by atoms with E-state index in [1.54, 1.807) is 11.3 Å². The Kier molecular flexibility index (Phi) is 2.84. The highest BCUT2D eigenvalue weighted by Gasteiger charge is 2.09. The van der Waals surface area contributed by atoms with Crippen LogP contribution < -0.4 is 5.73 Å². The van der Waals surface area contributed by atoms with Crippen LogP contribution in [0.4, 0.5) is 5.69 Å². The van der Waals surface area contributed by atoms with E-state index in [9.17, 15) is 0 Å². The third kappa shape index (κ3) is 2.02. The second-order valence-electron chi connectivity index (χ2n) is 4.21. The second kappa shape index (κ2) is 4.37. The predicted molar refractivity (Wildman–Crippen MR) is 81.9 cm³/mol. The summed E-state index contributed by atoms with van der Waals surface area (Å²) in [6, 6.07) is 12.1. The third-order valence-electron chi connectivity index (χ3n) is 2.84. The summed E-state index contributed by atoms with van der Waals surface area (Å²) in [5, 5.41) is 1.04. The Morgan fingerprint density at radius 2 is 2.00 bits per heavy atom. The molecule has 0 atom stereocenters. The first kappa shape index (κ1) is 11.7. The molecule has 2 nitrogen and oxygen atoms in total. The topological polar surface area (TPSA) is 38.9 Å².